The van der Waals surface area contributed by atoms with Gasteiger partial charge in [0, 0.05) is 0 Å². The van der Waals surface area contributed by atoms with E-state index in [0.29, 0.717) is 18.2 Å². The number of hydrogen-bond donors (Lipinski definition) is 1. The molecule has 3 rings (SSSR count). The van der Waals surface area contributed by atoms with Crippen LogP contribution in [0.25, 0.3) is 0 Å². The van der Waals surface area contributed by atoms with Gasteiger partial charge in [-0.2, -0.15) is 0 Å². The second-order valence-electron chi connectivity index (χ2n) is 3.99. The summed E-state index contributed by atoms with van der Waals surface area (Å²) in [6.07, 6.45) is 4.46. The first-order valence-electron chi connectivity index (χ1n) is 5.03. The van der Waals surface area contributed by atoms with Crippen molar-refractivity contribution >= 4 is 16.5 Å². The van der Waals surface area contributed by atoms with Gasteiger partial charge in [-0.05, 0) is 26.2 Å². The molecule has 3 heterocycles. The molecule has 3 atom stereocenters. The first kappa shape index (κ1) is 8.61. The molecule has 2 bridgehead atoms. The summed E-state index contributed by atoms with van der Waals surface area (Å²) in [4.78, 5) is 0. The fourth-order valence-corrected chi connectivity index (χ4v) is 2.96. The quantitative estimate of drug-likeness (QED) is 0.806. The topological polar surface area (TPSA) is 47.0 Å². The predicted molar refractivity (Wildman–Crippen MR) is 54.6 cm³/mol. The number of fused-ring (bicyclic) bond motifs is 2. The van der Waals surface area contributed by atoms with Gasteiger partial charge in [0.05, 0.1) is 18.2 Å². The van der Waals surface area contributed by atoms with Crippen LogP contribution >= 0.6 is 11.3 Å². The maximum Gasteiger partial charge on any atom is 0.205 e. The van der Waals surface area contributed by atoms with Crippen molar-refractivity contribution in [2.24, 2.45) is 0 Å². The third kappa shape index (κ3) is 1.40. The zero-order valence-corrected chi connectivity index (χ0v) is 8.88. The Morgan fingerprint density at radius 2 is 2.36 bits per heavy atom. The second kappa shape index (κ2) is 3.17. The van der Waals surface area contributed by atoms with Crippen molar-refractivity contribution in [3.05, 3.63) is 5.01 Å². The van der Waals surface area contributed by atoms with Crippen LogP contribution < -0.4 is 5.32 Å². The number of ether oxygens (including phenoxy) is 1. The zero-order chi connectivity index (χ0) is 9.54. The van der Waals surface area contributed by atoms with Gasteiger partial charge >= 0.3 is 0 Å². The third-order valence-electron chi connectivity index (χ3n) is 2.94. The van der Waals surface area contributed by atoms with Crippen molar-refractivity contribution in [1.82, 2.24) is 10.2 Å². The Balaban J connectivity index is 1.68. The maximum absolute atomic E-state index is 5.76. The predicted octanol–water partition coefficient (Wildman–Crippen LogP) is 1.58. The van der Waals surface area contributed by atoms with Crippen LogP contribution in [0.3, 0.4) is 0 Å². The Morgan fingerprint density at radius 1 is 1.43 bits per heavy atom. The molecular formula is C9H13N3OS. The summed E-state index contributed by atoms with van der Waals surface area (Å²) >= 11 is 1.61. The summed E-state index contributed by atoms with van der Waals surface area (Å²) < 4.78 is 5.76. The van der Waals surface area contributed by atoms with E-state index in [0.717, 1.165) is 16.6 Å². The molecule has 0 amide bonds. The van der Waals surface area contributed by atoms with Crippen LogP contribution in [0.2, 0.25) is 0 Å². The summed E-state index contributed by atoms with van der Waals surface area (Å²) in [5.41, 5.74) is 0. The van der Waals surface area contributed by atoms with Crippen LogP contribution in [0, 0.1) is 6.92 Å². The molecule has 0 aromatic carbocycles. The molecule has 4 nitrogen and oxygen atoms in total. The third-order valence-corrected chi connectivity index (χ3v) is 3.71. The Labute approximate surface area is 86.7 Å². The SMILES string of the molecule is Cc1nnc(N[C@H]2C[C@H]3CC[C@H]2O3)s1. The molecular weight excluding hydrogens is 198 g/mol. The van der Waals surface area contributed by atoms with Crippen molar-refractivity contribution in [2.75, 3.05) is 5.32 Å². The summed E-state index contributed by atoms with van der Waals surface area (Å²) in [6.45, 7) is 1.97. The lowest BCUT2D eigenvalue weighted by atomic mass is 9.96. The second-order valence-corrected chi connectivity index (χ2v) is 5.17. The number of nitrogens with one attached hydrogen (secondary N) is 1. The van der Waals surface area contributed by atoms with Crippen LogP contribution in [0.5, 0.6) is 0 Å². The molecule has 76 valence electrons. The van der Waals surface area contributed by atoms with Gasteiger partial charge in [-0.3, -0.25) is 0 Å². The van der Waals surface area contributed by atoms with Crippen molar-refractivity contribution in [2.45, 2.75) is 44.4 Å². The van der Waals surface area contributed by atoms with Crippen LogP contribution in [0.1, 0.15) is 24.3 Å². The maximum atomic E-state index is 5.76. The summed E-state index contributed by atoms with van der Waals surface area (Å²) in [5.74, 6) is 0. The van der Waals surface area contributed by atoms with Gasteiger partial charge < -0.3 is 10.1 Å². The molecule has 0 unspecified atom stereocenters. The number of rotatable bonds is 2. The average molecular weight is 211 g/mol. The van der Waals surface area contributed by atoms with E-state index in [9.17, 15) is 0 Å². The minimum Gasteiger partial charge on any atom is -0.373 e. The lowest BCUT2D eigenvalue weighted by Crippen LogP contribution is -2.30. The van der Waals surface area contributed by atoms with Crippen molar-refractivity contribution < 1.29 is 4.74 Å². The molecule has 14 heavy (non-hydrogen) atoms. The lowest BCUT2D eigenvalue weighted by molar-refractivity contribution is 0.102. The molecule has 2 aliphatic rings. The molecule has 2 saturated heterocycles. The van der Waals surface area contributed by atoms with Gasteiger partial charge in [-0.15, -0.1) is 10.2 Å². The zero-order valence-electron chi connectivity index (χ0n) is 8.06. The van der Waals surface area contributed by atoms with E-state index in [1.807, 2.05) is 6.92 Å². The minimum absolute atomic E-state index is 0.407. The van der Waals surface area contributed by atoms with Crippen LogP contribution in [-0.4, -0.2) is 28.4 Å². The Kier molecular flexibility index (Phi) is 1.95. The van der Waals surface area contributed by atoms with E-state index >= 15 is 0 Å². The van der Waals surface area contributed by atoms with Gasteiger partial charge in [-0.1, -0.05) is 11.3 Å². The first-order valence-corrected chi connectivity index (χ1v) is 5.85. The van der Waals surface area contributed by atoms with Crippen LogP contribution in [-0.2, 0) is 4.74 Å². The standard InChI is InChI=1S/C9H13N3OS/c1-5-11-12-9(14-5)10-7-4-6-2-3-8(7)13-6/h6-8H,2-4H2,1H3,(H,10,12)/t6-,7+,8-/m1/s1. The summed E-state index contributed by atoms with van der Waals surface area (Å²) in [5, 5.41) is 13.4. The molecule has 1 aromatic heterocycles. The van der Waals surface area contributed by atoms with Gasteiger partial charge in [-0.25, -0.2) is 0 Å². The van der Waals surface area contributed by atoms with Gasteiger partial charge in [0.15, 0.2) is 0 Å². The molecule has 2 fully saturated rings. The summed E-state index contributed by atoms with van der Waals surface area (Å²) in [6, 6.07) is 0.459. The highest BCUT2D eigenvalue weighted by atomic mass is 32.1. The van der Waals surface area contributed by atoms with Crippen molar-refractivity contribution in [1.29, 1.82) is 0 Å². The Hall–Kier alpha value is -0.680. The van der Waals surface area contributed by atoms with E-state index in [1.54, 1.807) is 11.3 Å². The van der Waals surface area contributed by atoms with E-state index in [4.69, 9.17) is 4.74 Å². The highest BCUT2D eigenvalue weighted by Crippen LogP contribution is 2.36. The monoisotopic (exact) mass is 211 g/mol. The molecule has 0 saturated carbocycles. The first-order chi connectivity index (χ1) is 6.81. The number of anilines is 1. The Morgan fingerprint density at radius 3 is 2.93 bits per heavy atom. The van der Waals surface area contributed by atoms with E-state index < -0.39 is 0 Å². The Bertz CT molecular complexity index is 341. The molecule has 0 radical (unpaired) electrons. The van der Waals surface area contributed by atoms with Crippen LogP contribution in [0.4, 0.5) is 5.13 Å². The highest BCUT2D eigenvalue weighted by Gasteiger charge is 2.40. The van der Waals surface area contributed by atoms with E-state index in [2.05, 4.69) is 15.5 Å². The van der Waals surface area contributed by atoms with Crippen molar-refractivity contribution in [3.63, 3.8) is 0 Å². The molecule has 1 N–H and O–H groups in total. The normalized spacial score (nSPS) is 35.1. The largest absolute Gasteiger partial charge is 0.373 e. The number of aromatic nitrogens is 2. The van der Waals surface area contributed by atoms with Crippen molar-refractivity contribution in [3.8, 4) is 0 Å². The van der Waals surface area contributed by atoms with Crippen LogP contribution in [0.15, 0.2) is 0 Å². The smallest absolute Gasteiger partial charge is 0.205 e. The molecule has 0 spiro atoms. The lowest BCUT2D eigenvalue weighted by Gasteiger charge is -2.18. The fraction of sp³-hybridized carbons (Fsp3) is 0.778. The van der Waals surface area contributed by atoms with Gasteiger partial charge in [0.25, 0.3) is 0 Å². The number of nitrogens with zero attached hydrogens (tertiary/aromatic N) is 2. The fourth-order valence-electron chi connectivity index (χ4n) is 2.30. The van der Waals surface area contributed by atoms with E-state index in [1.165, 1.54) is 12.8 Å². The van der Waals surface area contributed by atoms with E-state index in [-0.39, 0.29) is 0 Å². The molecule has 1 aromatic rings. The number of hydrogen-bond acceptors (Lipinski definition) is 5. The highest BCUT2D eigenvalue weighted by molar-refractivity contribution is 7.15. The molecule has 5 heteroatoms. The molecule has 0 aliphatic carbocycles. The molecule has 2 aliphatic heterocycles. The minimum atomic E-state index is 0.407. The van der Waals surface area contributed by atoms with Gasteiger partial charge in [0.1, 0.15) is 5.01 Å². The van der Waals surface area contributed by atoms with Gasteiger partial charge in [0.2, 0.25) is 5.13 Å². The number of aryl methyl sites for hydroxylation is 1. The summed E-state index contributed by atoms with van der Waals surface area (Å²) in [7, 11) is 0. The average Bonchev–Trinajstić information content (AvgIpc) is 2.82.